The van der Waals surface area contributed by atoms with Crippen LogP contribution < -0.4 is 5.11 Å². The highest BCUT2D eigenvalue weighted by atomic mass is 35.5. The van der Waals surface area contributed by atoms with Gasteiger partial charge in [0.1, 0.15) is 0 Å². The number of halogens is 1. The molecule has 0 radical (unpaired) electrons. The number of hydrogen-bond donors (Lipinski definition) is 0. The molecule has 0 fully saturated rings. The summed E-state index contributed by atoms with van der Waals surface area (Å²) >= 11 is 5.95. The summed E-state index contributed by atoms with van der Waals surface area (Å²) in [6.45, 7) is 0. The predicted molar refractivity (Wildman–Crippen MR) is 92.9 cm³/mol. The van der Waals surface area contributed by atoms with Crippen molar-refractivity contribution in [3.63, 3.8) is 0 Å². The first-order chi connectivity index (χ1) is 12.0. The Morgan fingerprint density at radius 3 is 2.40 bits per heavy atom. The van der Waals surface area contributed by atoms with Crippen LogP contribution in [-0.4, -0.2) is 22.6 Å². The van der Waals surface area contributed by atoms with E-state index >= 15 is 0 Å². The van der Waals surface area contributed by atoms with Gasteiger partial charge in [-0.15, -0.1) is 0 Å². The first-order valence-corrected chi connectivity index (χ1v) is 8.32. The number of hydrazone groups is 1. The molecule has 1 aliphatic heterocycles. The number of benzene rings is 2. The van der Waals surface area contributed by atoms with E-state index in [1.165, 1.54) is 5.01 Å². The van der Waals surface area contributed by atoms with E-state index in [0.717, 1.165) is 16.8 Å². The van der Waals surface area contributed by atoms with Gasteiger partial charge in [-0.2, -0.15) is 5.10 Å². The summed E-state index contributed by atoms with van der Waals surface area (Å²) in [5.41, 5.74) is 2.64. The molecular weight excluding hydrogens is 340 g/mol. The van der Waals surface area contributed by atoms with Crippen molar-refractivity contribution in [1.82, 2.24) is 5.01 Å². The summed E-state index contributed by atoms with van der Waals surface area (Å²) in [4.78, 5) is 23.1. The van der Waals surface area contributed by atoms with Crippen LogP contribution in [0.3, 0.4) is 0 Å². The summed E-state index contributed by atoms with van der Waals surface area (Å²) in [5, 5.41) is 17.1. The van der Waals surface area contributed by atoms with Crippen LogP contribution in [-0.2, 0) is 9.59 Å². The van der Waals surface area contributed by atoms with Crippen molar-refractivity contribution < 1.29 is 14.7 Å². The number of aliphatic carboxylic acids is 1. The lowest BCUT2D eigenvalue weighted by atomic mass is 9.98. The van der Waals surface area contributed by atoms with Gasteiger partial charge in [0.05, 0.1) is 11.8 Å². The molecule has 2 aromatic rings. The highest BCUT2D eigenvalue weighted by Gasteiger charge is 2.32. The lowest BCUT2D eigenvalue weighted by Crippen LogP contribution is -2.29. The average Bonchev–Trinajstić information content (AvgIpc) is 3.06. The van der Waals surface area contributed by atoms with Gasteiger partial charge in [-0.25, -0.2) is 5.01 Å². The van der Waals surface area contributed by atoms with Crippen LogP contribution in [0.1, 0.15) is 36.4 Å². The van der Waals surface area contributed by atoms with Crippen LogP contribution >= 0.6 is 11.6 Å². The minimum Gasteiger partial charge on any atom is -0.550 e. The van der Waals surface area contributed by atoms with Gasteiger partial charge in [-0.1, -0.05) is 54.1 Å². The first kappa shape index (κ1) is 17.2. The van der Waals surface area contributed by atoms with Crippen LogP contribution in [0.15, 0.2) is 59.7 Å². The zero-order valence-electron chi connectivity index (χ0n) is 13.4. The summed E-state index contributed by atoms with van der Waals surface area (Å²) in [6, 6.07) is 16.6. The molecule has 0 saturated heterocycles. The Morgan fingerprint density at radius 1 is 1.08 bits per heavy atom. The lowest BCUT2D eigenvalue weighted by molar-refractivity contribution is -0.305. The van der Waals surface area contributed by atoms with Gasteiger partial charge in [0.25, 0.3) is 0 Å². The Labute approximate surface area is 150 Å². The SMILES string of the molecule is O=C([O-])CCC(=O)N1N=C(c2ccccc2)C[C@H]1c1ccc(Cl)cc1. The minimum absolute atomic E-state index is 0.141. The number of nitrogens with zero attached hydrogens (tertiary/aromatic N) is 2. The van der Waals surface area contributed by atoms with Crippen LogP contribution in [0.4, 0.5) is 0 Å². The third kappa shape index (κ3) is 4.06. The molecule has 0 N–H and O–H groups in total. The van der Waals surface area contributed by atoms with E-state index in [4.69, 9.17) is 11.6 Å². The fourth-order valence-corrected chi connectivity index (χ4v) is 2.94. The monoisotopic (exact) mass is 355 g/mol. The molecule has 0 aromatic heterocycles. The molecule has 0 aliphatic carbocycles. The zero-order valence-corrected chi connectivity index (χ0v) is 14.1. The maximum Gasteiger partial charge on any atom is 0.243 e. The van der Waals surface area contributed by atoms with Crippen LogP contribution in [0.25, 0.3) is 0 Å². The Hall–Kier alpha value is -2.66. The van der Waals surface area contributed by atoms with Gasteiger partial charge < -0.3 is 9.90 Å². The number of hydrogen-bond acceptors (Lipinski definition) is 4. The lowest BCUT2D eigenvalue weighted by Gasteiger charge is -2.22. The second-order valence-electron chi connectivity index (χ2n) is 5.79. The molecule has 2 aromatic carbocycles. The fraction of sp³-hybridized carbons (Fsp3) is 0.211. The smallest absolute Gasteiger partial charge is 0.243 e. The van der Waals surface area contributed by atoms with Crippen molar-refractivity contribution in [2.45, 2.75) is 25.3 Å². The molecule has 1 heterocycles. The Kier molecular flexibility index (Phi) is 5.14. The van der Waals surface area contributed by atoms with E-state index in [0.29, 0.717) is 11.4 Å². The molecule has 1 aliphatic rings. The van der Waals surface area contributed by atoms with E-state index in [-0.39, 0.29) is 24.8 Å². The molecule has 0 bridgehead atoms. The standard InChI is InChI=1S/C19H17ClN2O3/c20-15-8-6-14(7-9-15)17-12-16(13-4-2-1-3-5-13)21-22(17)18(23)10-11-19(24)25/h1-9,17H,10-12H2,(H,24,25)/p-1/t17-/m0/s1. The molecule has 5 nitrogen and oxygen atoms in total. The van der Waals surface area contributed by atoms with Crippen molar-refractivity contribution in [1.29, 1.82) is 0 Å². The van der Waals surface area contributed by atoms with Crippen molar-refractivity contribution in [3.8, 4) is 0 Å². The van der Waals surface area contributed by atoms with Gasteiger partial charge in [0, 0.05) is 23.8 Å². The Balaban J connectivity index is 1.89. The topological polar surface area (TPSA) is 72.8 Å². The Bertz CT molecular complexity index is 803. The molecule has 0 saturated carbocycles. The van der Waals surface area contributed by atoms with Crippen LogP contribution in [0.5, 0.6) is 0 Å². The molecule has 128 valence electrons. The molecule has 6 heteroatoms. The zero-order chi connectivity index (χ0) is 17.8. The van der Waals surface area contributed by atoms with Gasteiger partial charge >= 0.3 is 0 Å². The number of carboxylic acid groups (broad SMARTS) is 1. The molecule has 1 amide bonds. The third-order valence-corrected chi connectivity index (χ3v) is 4.32. The van der Waals surface area contributed by atoms with E-state index in [2.05, 4.69) is 5.10 Å². The van der Waals surface area contributed by atoms with Crippen molar-refractivity contribution in [2.75, 3.05) is 0 Å². The van der Waals surface area contributed by atoms with Gasteiger partial charge in [-0.05, 0) is 29.7 Å². The van der Waals surface area contributed by atoms with Gasteiger partial charge in [-0.3, -0.25) is 4.79 Å². The molecular formula is C19H16ClN2O3-. The third-order valence-electron chi connectivity index (χ3n) is 4.07. The van der Waals surface area contributed by atoms with Gasteiger partial charge in [0.15, 0.2) is 0 Å². The maximum atomic E-state index is 12.5. The Morgan fingerprint density at radius 2 is 1.76 bits per heavy atom. The first-order valence-electron chi connectivity index (χ1n) is 7.95. The number of carbonyl (C=O) groups is 2. The van der Waals surface area contributed by atoms with Crippen LogP contribution in [0, 0.1) is 0 Å². The van der Waals surface area contributed by atoms with Crippen molar-refractivity contribution >= 4 is 29.2 Å². The fourth-order valence-electron chi connectivity index (χ4n) is 2.81. The second kappa shape index (κ2) is 7.49. The summed E-state index contributed by atoms with van der Waals surface area (Å²) < 4.78 is 0. The minimum atomic E-state index is -1.25. The van der Waals surface area contributed by atoms with E-state index < -0.39 is 5.97 Å². The number of rotatable bonds is 5. The molecule has 0 spiro atoms. The highest BCUT2D eigenvalue weighted by molar-refractivity contribution is 6.30. The quantitative estimate of drug-likeness (QED) is 0.827. The molecule has 3 rings (SSSR count). The van der Waals surface area contributed by atoms with Crippen LogP contribution in [0.2, 0.25) is 5.02 Å². The molecule has 25 heavy (non-hydrogen) atoms. The summed E-state index contributed by atoms with van der Waals surface area (Å²) in [6.07, 6.45) is 0.0968. The average molecular weight is 356 g/mol. The number of carboxylic acids is 1. The van der Waals surface area contributed by atoms with Crippen molar-refractivity contribution in [3.05, 3.63) is 70.7 Å². The maximum absolute atomic E-state index is 12.5. The summed E-state index contributed by atoms with van der Waals surface area (Å²) in [5.74, 6) is -1.59. The predicted octanol–water partition coefficient (Wildman–Crippen LogP) is 2.55. The highest BCUT2D eigenvalue weighted by Crippen LogP contribution is 2.33. The number of carbonyl (C=O) groups excluding carboxylic acids is 2. The second-order valence-corrected chi connectivity index (χ2v) is 6.23. The van der Waals surface area contributed by atoms with E-state index in [1.54, 1.807) is 12.1 Å². The van der Waals surface area contributed by atoms with Gasteiger partial charge in [0.2, 0.25) is 5.91 Å². The molecule has 0 unspecified atom stereocenters. The summed E-state index contributed by atoms with van der Waals surface area (Å²) in [7, 11) is 0. The largest absolute Gasteiger partial charge is 0.550 e. The number of amides is 1. The normalized spacial score (nSPS) is 16.6. The molecule has 1 atom stereocenters. The van der Waals surface area contributed by atoms with E-state index in [9.17, 15) is 14.7 Å². The van der Waals surface area contributed by atoms with Crippen molar-refractivity contribution in [2.24, 2.45) is 5.10 Å². The van der Waals surface area contributed by atoms with E-state index in [1.807, 2.05) is 42.5 Å².